The molecule has 36 heavy (non-hydrogen) atoms. The number of benzene rings is 3. The van der Waals surface area contributed by atoms with Crippen molar-refractivity contribution in [3.05, 3.63) is 77.4 Å². The zero-order valence-corrected chi connectivity index (χ0v) is 20.1. The van der Waals surface area contributed by atoms with Crippen molar-refractivity contribution < 1.29 is 9.59 Å². The smallest absolute Gasteiger partial charge is 0.316 e. The lowest BCUT2D eigenvalue weighted by Gasteiger charge is -2.26. The number of likely N-dealkylation sites (tertiary alicyclic amines) is 1. The van der Waals surface area contributed by atoms with Crippen LogP contribution in [0.15, 0.2) is 60.7 Å². The van der Waals surface area contributed by atoms with Gasteiger partial charge in [-0.15, -0.1) is 0 Å². The van der Waals surface area contributed by atoms with E-state index in [0.717, 1.165) is 45.4 Å². The van der Waals surface area contributed by atoms with E-state index >= 15 is 0 Å². The standard InChI is InChI=1S/C29H29N5O2/c30-29(36)32-21-7-5-19(6-8-21)22-9-10-23(27-24(22)16-31-28(27)35)26-15-20-14-18(4-11-25(20)33-26)17-34-12-2-1-3-13-34/h4-11,14-15,33H,1-3,12-13,16-17H2,(H,31,35)(H3,30,32,36). The Morgan fingerprint density at radius 2 is 1.72 bits per heavy atom. The van der Waals surface area contributed by atoms with Crippen LogP contribution in [0.5, 0.6) is 0 Å². The molecular weight excluding hydrogens is 450 g/mol. The summed E-state index contributed by atoms with van der Waals surface area (Å²) in [6.07, 6.45) is 3.91. The molecule has 7 heteroatoms. The Morgan fingerprint density at radius 3 is 2.50 bits per heavy atom. The highest BCUT2D eigenvalue weighted by molar-refractivity contribution is 6.07. The molecule has 5 N–H and O–H groups in total. The number of aromatic nitrogens is 1. The number of carbonyl (C=O) groups excluding carboxylic acids is 2. The molecule has 3 heterocycles. The molecule has 0 radical (unpaired) electrons. The summed E-state index contributed by atoms with van der Waals surface area (Å²) < 4.78 is 0. The second-order valence-corrected chi connectivity index (χ2v) is 9.70. The third kappa shape index (κ3) is 4.22. The highest BCUT2D eigenvalue weighted by Gasteiger charge is 2.27. The fourth-order valence-electron chi connectivity index (χ4n) is 5.52. The van der Waals surface area contributed by atoms with Crippen molar-refractivity contribution in [1.29, 1.82) is 0 Å². The van der Waals surface area contributed by atoms with Gasteiger partial charge in [0.2, 0.25) is 0 Å². The molecule has 1 aromatic heterocycles. The number of fused-ring (bicyclic) bond motifs is 2. The Hall–Kier alpha value is -4.10. The van der Waals surface area contributed by atoms with Gasteiger partial charge in [-0.3, -0.25) is 9.69 Å². The number of H-pyrrole nitrogens is 1. The Labute approximate surface area is 209 Å². The zero-order valence-electron chi connectivity index (χ0n) is 20.1. The van der Waals surface area contributed by atoms with Gasteiger partial charge in [-0.05, 0) is 78.5 Å². The normalized spacial score (nSPS) is 15.6. The predicted octanol–water partition coefficient (Wildman–Crippen LogP) is 5.22. The summed E-state index contributed by atoms with van der Waals surface area (Å²) in [5, 5.41) is 6.74. The minimum absolute atomic E-state index is 0.0571. The number of hydrogen-bond acceptors (Lipinski definition) is 3. The lowest BCUT2D eigenvalue weighted by Crippen LogP contribution is -2.28. The summed E-state index contributed by atoms with van der Waals surface area (Å²) >= 11 is 0. The van der Waals surface area contributed by atoms with Crippen LogP contribution >= 0.6 is 0 Å². The van der Waals surface area contributed by atoms with Crippen LogP contribution in [0.4, 0.5) is 10.5 Å². The van der Waals surface area contributed by atoms with E-state index in [-0.39, 0.29) is 5.91 Å². The summed E-state index contributed by atoms with van der Waals surface area (Å²) in [5.41, 5.74) is 13.8. The van der Waals surface area contributed by atoms with Gasteiger partial charge in [0.15, 0.2) is 0 Å². The van der Waals surface area contributed by atoms with Gasteiger partial charge in [-0.2, -0.15) is 0 Å². The molecule has 6 rings (SSSR count). The number of urea groups is 1. The lowest BCUT2D eigenvalue weighted by atomic mass is 9.92. The predicted molar refractivity (Wildman–Crippen MR) is 143 cm³/mol. The summed E-state index contributed by atoms with van der Waals surface area (Å²) in [7, 11) is 0. The monoisotopic (exact) mass is 479 g/mol. The van der Waals surface area contributed by atoms with Crippen molar-refractivity contribution >= 4 is 28.5 Å². The number of nitrogens with two attached hydrogens (primary N) is 1. The van der Waals surface area contributed by atoms with E-state index in [9.17, 15) is 9.59 Å². The summed E-state index contributed by atoms with van der Waals surface area (Å²) in [6.45, 7) is 3.82. The van der Waals surface area contributed by atoms with Crippen molar-refractivity contribution in [3.63, 3.8) is 0 Å². The molecular formula is C29H29N5O2. The second-order valence-electron chi connectivity index (χ2n) is 9.70. The molecule has 0 spiro atoms. The van der Waals surface area contributed by atoms with Gasteiger partial charge in [-0.25, -0.2) is 4.79 Å². The molecule has 0 saturated carbocycles. The fraction of sp³-hybridized carbons (Fsp3) is 0.241. The van der Waals surface area contributed by atoms with Crippen molar-refractivity contribution in [2.75, 3.05) is 18.4 Å². The molecule has 182 valence electrons. The van der Waals surface area contributed by atoms with Crippen LogP contribution in [0.1, 0.15) is 40.7 Å². The number of nitrogens with zero attached hydrogens (tertiary/aromatic N) is 1. The van der Waals surface area contributed by atoms with Crippen LogP contribution in [0.3, 0.4) is 0 Å². The topological polar surface area (TPSA) is 103 Å². The molecule has 0 unspecified atom stereocenters. The second kappa shape index (κ2) is 9.17. The van der Waals surface area contributed by atoms with E-state index in [1.165, 1.54) is 37.9 Å². The lowest BCUT2D eigenvalue weighted by molar-refractivity contribution is 0.0966. The van der Waals surface area contributed by atoms with E-state index in [4.69, 9.17) is 5.73 Å². The van der Waals surface area contributed by atoms with E-state index < -0.39 is 6.03 Å². The number of piperidine rings is 1. The quantitative estimate of drug-likeness (QED) is 0.315. The maximum absolute atomic E-state index is 12.9. The number of nitrogens with one attached hydrogen (secondary N) is 3. The number of rotatable bonds is 5. The van der Waals surface area contributed by atoms with E-state index in [1.807, 2.05) is 30.3 Å². The molecule has 0 aliphatic carbocycles. The van der Waals surface area contributed by atoms with Crippen LogP contribution in [-0.2, 0) is 13.1 Å². The first kappa shape index (κ1) is 22.4. The van der Waals surface area contributed by atoms with Gasteiger partial charge in [-0.1, -0.05) is 36.8 Å². The molecule has 1 fully saturated rings. The van der Waals surface area contributed by atoms with Crippen molar-refractivity contribution in [3.8, 4) is 22.4 Å². The number of primary amides is 1. The van der Waals surface area contributed by atoms with Crippen LogP contribution in [0.2, 0.25) is 0 Å². The number of amides is 3. The van der Waals surface area contributed by atoms with Gasteiger partial charge >= 0.3 is 6.03 Å². The molecule has 3 aromatic carbocycles. The van der Waals surface area contributed by atoms with Gasteiger partial charge in [0.1, 0.15) is 0 Å². The first-order valence-corrected chi connectivity index (χ1v) is 12.5. The highest BCUT2D eigenvalue weighted by Crippen LogP contribution is 2.37. The Balaban J connectivity index is 1.34. The molecule has 7 nitrogen and oxygen atoms in total. The van der Waals surface area contributed by atoms with E-state index in [2.05, 4.69) is 50.8 Å². The molecule has 0 bridgehead atoms. The fourth-order valence-corrected chi connectivity index (χ4v) is 5.52. The van der Waals surface area contributed by atoms with Gasteiger partial charge in [0.25, 0.3) is 5.91 Å². The van der Waals surface area contributed by atoms with Crippen molar-refractivity contribution in [2.24, 2.45) is 5.73 Å². The van der Waals surface area contributed by atoms with E-state index in [0.29, 0.717) is 17.8 Å². The maximum Gasteiger partial charge on any atom is 0.316 e. The average molecular weight is 480 g/mol. The number of aromatic amines is 1. The van der Waals surface area contributed by atoms with Crippen molar-refractivity contribution in [1.82, 2.24) is 15.2 Å². The summed E-state index contributed by atoms with van der Waals surface area (Å²) in [6, 6.07) is 19.7. The van der Waals surface area contributed by atoms with Crippen LogP contribution in [-0.4, -0.2) is 34.9 Å². The third-order valence-corrected chi connectivity index (χ3v) is 7.26. The Kier molecular flexibility index (Phi) is 5.70. The van der Waals surface area contributed by atoms with Gasteiger partial charge in [0.05, 0.1) is 5.56 Å². The molecule has 2 aliphatic rings. The third-order valence-electron chi connectivity index (χ3n) is 7.26. The van der Waals surface area contributed by atoms with Gasteiger partial charge < -0.3 is 21.4 Å². The van der Waals surface area contributed by atoms with Gasteiger partial charge in [0, 0.05) is 40.9 Å². The molecule has 0 atom stereocenters. The zero-order chi connectivity index (χ0) is 24.6. The summed E-state index contributed by atoms with van der Waals surface area (Å²) in [5.74, 6) is -0.0571. The van der Waals surface area contributed by atoms with Crippen LogP contribution in [0.25, 0.3) is 33.3 Å². The Morgan fingerprint density at radius 1 is 0.944 bits per heavy atom. The minimum Gasteiger partial charge on any atom is -0.355 e. The van der Waals surface area contributed by atoms with Crippen LogP contribution < -0.4 is 16.4 Å². The molecule has 2 aliphatic heterocycles. The maximum atomic E-state index is 12.9. The average Bonchev–Trinajstić information content (AvgIpc) is 3.48. The first-order chi connectivity index (χ1) is 17.5. The molecule has 1 saturated heterocycles. The first-order valence-electron chi connectivity index (χ1n) is 12.5. The largest absolute Gasteiger partial charge is 0.355 e. The Bertz CT molecular complexity index is 1470. The molecule has 3 amide bonds. The van der Waals surface area contributed by atoms with Crippen LogP contribution in [0, 0.1) is 0 Å². The highest BCUT2D eigenvalue weighted by atomic mass is 16.2. The number of carbonyl (C=O) groups is 2. The SMILES string of the molecule is NC(=O)Nc1ccc(-c2ccc(-c3cc4cc(CN5CCCCC5)ccc4[nH]3)c3c2CNC3=O)cc1. The number of hydrogen-bond donors (Lipinski definition) is 4. The van der Waals surface area contributed by atoms with Crippen molar-refractivity contribution in [2.45, 2.75) is 32.4 Å². The van der Waals surface area contributed by atoms with E-state index in [1.54, 1.807) is 0 Å². The number of anilines is 1. The molecule has 4 aromatic rings. The summed E-state index contributed by atoms with van der Waals surface area (Å²) in [4.78, 5) is 30.1. The minimum atomic E-state index is -0.597.